The monoisotopic (exact) mass is 307 g/mol. The first-order chi connectivity index (χ1) is 9.98. The summed E-state index contributed by atoms with van der Waals surface area (Å²) in [4.78, 5) is 0. The van der Waals surface area contributed by atoms with E-state index in [9.17, 15) is 8.42 Å². The van der Waals surface area contributed by atoms with Crippen LogP contribution < -0.4 is 9.88 Å². The molecule has 2 rings (SSSR count). The fourth-order valence-corrected chi connectivity index (χ4v) is 3.34. The Morgan fingerprint density at radius 3 is 2.52 bits per heavy atom. The van der Waals surface area contributed by atoms with Gasteiger partial charge in [-0.05, 0) is 29.3 Å². The van der Waals surface area contributed by atoms with Gasteiger partial charge in [-0.15, -0.1) is 0 Å². The van der Waals surface area contributed by atoms with Crippen LogP contribution in [-0.4, -0.2) is 20.8 Å². The summed E-state index contributed by atoms with van der Waals surface area (Å²) in [6.07, 6.45) is 1.69. The molecule has 4 nitrogen and oxygen atoms in total. The van der Waals surface area contributed by atoms with Crippen molar-refractivity contribution in [3.63, 3.8) is 0 Å². The van der Waals surface area contributed by atoms with Gasteiger partial charge in [0.25, 0.3) is 0 Å². The van der Waals surface area contributed by atoms with Crippen LogP contribution in [0.2, 0.25) is 0 Å². The highest BCUT2D eigenvalue weighted by atomic mass is 32.2. The molecule has 2 aromatic carbocycles. The Morgan fingerprint density at radius 2 is 1.86 bits per heavy atom. The molecule has 0 radical (unpaired) electrons. The Labute approximate surface area is 126 Å². The SMILES string of the molecule is CCCC(COc1ccc2ccccc2c1)CS(N)(=O)=O. The van der Waals surface area contributed by atoms with Gasteiger partial charge in [-0.1, -0.05) is 43.7 Å². The maximum atomic E-state index is 11.2. The van der Waals surface area contributed by atoms with Gasteiger partial charge in [0.1, 0.15) is 5.75 Å². The third-order valence-electron chi connectivity index (χ3n) is 3.37. The highest BCUT2D eigenvalue weighted by molar-refractivity contribution is 7.89. The zero-order valence-electron chi connectivity index (χ0n) is 12.2. The van der Waals surface area contributed by atoms with E-state index < -0.39 is 10.0 Å². The van der Waals surface area contributed by atoms with E-state index in [-0.39, 0.29) is 11.7 Å². The van der Waals surface area contributed by atoms with Crippen molar-refractivity contribution in [3.05, 3.63) is 42.5 Å². The van der Waals surface area contributed by atoms with Crippen LogP contribution in [0.3, 0.4) is 0 Å². The van der Waals surface area contributed by atoms with Crippen LogP contribution in [0.1, 0.15) is 19.8 Å². The van der Waals surface area contributed by atoms with Gasteiger partial charge in [0.05, 0.1) is 12.4 Å². The second kappa shape index (κ2) is 6.91. The van der Waals surface area contributed by atoms with Crippen molar-refractivity contribution in [1.82, 2.24) is 0 Å². The first kappa shape index (κ1) is 15.8. The molecule has 0 spiro atoms. The second-order valence-corrected chi connectivity index (χ2v) is 6.96. The van der Waals surface area contributed by atoms with E-state index in [0.717, 1.165) is 29.4 Å². The standard InChI is InChI=1S/C16H21NO3S/c1-2-5-13(12-21(17,18)19)11-20-16-9-8-14-6-3-4-7-15(14)10-16/h3-4,6-10,13H,2,5,11-12H2,1H3,(H2,17,18,19). The van der Waals surface area contributed by atoms with Crippen molar-refractivity contribution in [3.8, 4) is 5.75 Å². The molecule has 0 saturated heterocycles. The summed E-state index contributed by atoms with van der Waals surface area (Å²) in [6, 6.07) is 13.9. The predicted octanol–water partition coefficient (Wildman–Crippen LogP) is 2.92. The Hall–Kier alpha value is -1.59. The lowest BCUT2D eigenvalue weighted by Gasteiger charge is -2.16. The fourth-order valence-electron chi connectivity index (χ4n) is 2.42. The summed E-state index contributed by atoms with van der Waals surface area (Å²) in [5.74, 6) is 0.648. The molecule has 0 heterocycles. The van der Waals surface area contributed by atoms with E-state index in [1.807, 2.05) is 49.4 Å². The van der Waals surface area contributed by atoms with E-state index in [2.05, 4.69) is 0 Å². The highest BCUT2D eigenvalue weighted by Crippen LogP contribution is 2.21. The third kappa shape index (κ3) is 5.02. The number of benzene rings is 2. The van der Waals surface area contributed by atoms with Crippen LogP contribution in [0.5, 0.6) is 5.75 Å². The number of hydrogen-bond donors (Lipinski definition) is 1. The lowest BCUT2D eigenvalue weighted by Crippen LogP contribution is -2.26. The topological polar surface area (TPSA) is 69.4 Å². The van der Waals surface area contributed by atoms with Gasteiger partial charge in [-0.2, -0.15) is 0 Å². The number of rotatable bonds is 7. The summed E-state index contributed by atoms with van der Waals surface area (Å²) in [6.45, 7) is 2.38. The molecule has 21 heavy (non-hydrogen) atoms. The molecule has 5 heteroatoms. The van der Waals surface area contributed by atoms with E-state index in [1.54, 1.807) is 0 Å². The largest absolute Gasteiger partial charge is 0.493 e. The van der Waals surface area contributed by atoms with Crippen LogP contribution in [0, 0.1) is 5.92 Å². The van der Waals surface area contributed by atoms with Crippen LogP contribution in [-0.2, 0) is 10.0 Å². The van der Waals surface area contributed by atoms with Gasteiger partial charge >= 0.3 is 0 Å². The molecule has 0 aliphatic carbocycles. The Morgan fingerprint density at radius 1 is 1.14 bits per heavy atom. The van der Waals surface area contributed by atoms with E-state index in [0.29, 0.717) is 6.61 Å². The molecule has 0 aromatic heterocycles. The first-order valence-electron chi connectivity index (χ1n) is 7.10. The predicted molar refractivity (Wildman–Crippen MR) is 85.8 cm³/mol. The van der Waals surface area contributed by atoms with Crippen LogP contribution in [0.4, 0.5) is 0 Å². The Balaban J connectivity index is 2.04. The van der Waals surface area contributed by atoms with Crippen molar-refractivity contribution in [2.45, 2.75) is 19.8 Å². The van der Waals surface area contributed by atoms with Crippen molar-refractivity contribution in [2.24, 2.45) is 11.1 Å². The van der Waals surface area contributed by atoms with Gasteiger partial charge in [0.2, 0.25) is 10.0 Å². The minimum atomic E-state index is -3.46. The maximum absolute atomic E-state index is 11.2. The molecule has 2 aromatic rings. The minimum Gasteiger partial charge on any atom is -0.493 e. The zero-order chi connectivity index (χ0) is 15.3. The first-order valence-corrected chi connectivity index (χ1v) is 8.81. The third-order valence-corrected chi connectivity index (χ3v) is 4.31. The van der Waals surface area contributed by atoms with Crippen LogP contribution in [0.15, 0.2) is 42.5 Å². The van der Waals surface area contributed by atoms with Crippen molar-refractivity contribution >= 4 is 20.8 Å². The highest BCUT2D eigenvalue weighted by Gasteiger charge is 2.16. The van der Waals surface area contributed by atoms with Gasteiger partial charge in [0.15, 0.2) is 0 Å². The average Bonchev–Trinajstić information content (AvgIpc) is 2.43. The molecule has 0 saturated carbocycles. The lowest BCUT2D eigenvalue weighted by atomic mass is 10.1. The normalized spacial score (nSPS) is 13.2. The maximum Gasteiger partial charge on any atom is 0.209 e. The minimum absolute atomic E-state index is 0.0333. The Bertz CT molecular complexity index is 697. The molecule has 1 atom stereocenters. The van der Waals surface area contributed by atoms with E-state index >= 15 is 0 Å². The number of primary sulfonamides is 1. The van der Waals surface area contributed by atoms with E-state index in [1.165, 1.54) is 0 Å². The smallest absolute Gasteiger partial charge is 0.209 e. The van der Waals surface area contributed by atoms with Crippen molar-refractivity contribution in [1.29, 1.82) is 0 Å². The molecule has 0 aliphatic heterocycles. The molecular formula is C16H21NO3S. The van der Waals surface area contributed by atoms with E-state index in [4.69, 9.17) is 9.88 Å². The molecule has 0 amide bonds. The second-order valence-electron chi connectivity index (χ2n) is 5.30. The average molecular weight is 307 g/mol. The molecule has 0 fully saturated rings. The van der Waals surface area contributed by atoms with Crippen LogP contribution >= 0.6 is 0 Å². The summed E-state index contributed by atoms with van der Waals surface area (Å²) in [5.41, 5.74) is 0. The summed E-state index contributed by atoms with van der Waals surface area (Å²) in [7, 11) is -3.46. The van der Waals surface area contributed by atoms with Gasteiger partial charge in [-0.25, -0.2) is 13.6 Å². The van der Waals surface area contributed by atoms with Crippen molar-refractivity contribution < 1.29 is 13.2 Å². The summed E-state index contributed by atoms with van der Waals surface area (Å²) in [5, 5.41) is 7.38. The molecule has 114 valence electrons. The number of hydrogen-bond acceptors (Lipinski definition) is 3. The molecule has 0 aliphatic rings. The fraction of sp³-hybridized carbons (Fsp3) is 0.375. The molecular weight excluding hydrogens is 286 g/mol. The van der Waals surface area contributed by atoms with Crippen LogP contribution in [0.25, 0.3) is 10.8 Å². The Kier molecular flexibility index (Phi) is 5.20. The zero-order valence-corrected chi connectivity index (χ0v) is 13.0. The summed E-state index contributed by atoms with van der Waals surface area (Å²) < 4.78 is 28.2. The number of fused-ring (bicyclic) bond motifs is 1. The molecule has 1 unspecified atom stereocenters. The van der Waals surface area contributed by atoms with Crippen molar-refractivity contribution in [2.75, 3.05) is 12.4 Å². The quantitative estimate of drug-likeness (QED) is 0.855. The lowest BCUT2D eigenvalue weighted by molar-refractivity contribution is 0.253. The number of ether oxygens (including phenoxy) is 1. The molecule has 0 bridgehead atoms. The number of nitrogens with two attached hydrogens (primary N) is 1. The van der Waals surface area contributed by atoms with Gasteiger partial charge < -0.3 is 4.74 Å². The van der Waals surface area contributed by atoms with Gasteiger partial charge in [0, 0.05) is 5.92 Å². The van der Waals surface area contributed by atoms with Gasteiger partial charge in [-0.3, -0.25) is 0 Å². The summed E-state index contributed by atoms with van der Waals surface area (Å²) >= 11 is 0. The molecule has 2 N–H and O–H groups in total. The number of sulfonamides is 1.